The highest BCUT2D eigenvalue weighted by atomic mass is 16.6. The topological polar surface area (TPSA) is 134 Å². The van der Waals surface area contributed by atoms with Crippen molar-refractivity contribution in [1.82, 2.24) is 19.7 Å². The molecule has 254 valence electrons. The van der Waals surface area contributed by atoms with Gasteiger partial charge < -0.3 is 24.4 Å². The van der Waals surface area contributed by atoms with E-state index in [-0.39, 0.29) is 36.0 Å². The number of aliphatic hydroxyl groups excluding tert-OH is 1. The third kappa shape index (κ3) is 7.49. The van der Waals surface area contributed by atoms with Gasteiger partial charge in [-0.05, 0) is 101 Å². The van der Waals surface area contributed by atoms with Gasteiger partial charge in [0.1, 0.15) is 12.2 Å². The van der Waals surface area contributed by atoms with Crippen LogP contribution in [0.25, 0.3) is 11.1 Å². The van der Waals surface area contributed by atoms with Gasteiger partial charge in [-0.3, -0.25) is 9.48 Å². The third-order valence-corrected chi connectivity index (χ3v) is 10.2. The molecule has 1 N–H and O–H groups in total. The summed E-state index contributed by atoms with van der Waals surface area (Å²) in [5, 5.41) is 23.6. The maximum Gasteiger partial charge on any atom is 0.410 e. The minimum atomic E-state index is -0.465. The van der Waals surface area contributed by atoms with Gasteiger partial charge in [-0.15, -0.1) is 0 Å². The smallest absolute Gasteiger partial charge is 0.410 e. The van der Waals surface area contributed by atoms with E-state index >= 15 is 0 Å². The Bertz CT molecular complexity index is 1630. The molecule has 2 aromatic heterocycles. The standard InChI is InChI=1S/C37H46N6O5/c1-24(2)43-21-29(19-39-43)28-5-4-6-30(17-28)42(36(45)27-11-13-32(14-12-27)48-37(46)41-22-31(44)23-41)20-25-7-9-26(10-8-25)33-15-16-35(47-3)34(18-38)40-33/h4-6,15-17,19,21,24-27,31-32,44H,7-14,20,22-23H2,1-3H3. The molecule has 0 atom stereocenters. The summed E-state index contributed by atoms with van der Waals surface area (Å²) in [7, 11) is 1.55. The highest BCUT2D eigenvalue weighted by molar-refractivity contribution is 5.95. The fraction of sp³-hybridized carbons (Fsp3) is 0.541. The molecule has 0 unspecified atom stereocenters. The van der Waals surface area contributed by atoms with E-state index in [9.17, 15) is 20.0 Å². The normalized spacial score (nSPS) is 22.9. The van der Waals surface area contributed by atoms with Crippen LogP contribution in [-0.4, -0.2) is 75.7 Å². The summed E-state index contributed by atoms with van der Waals surface area (Å²) in [6, 6.07) is 14.4. The zero-order chi connectivity index (χ0) is 33.8. The van der Waals surface area contributed by atoms with Crippen molar-refractivity contribution in [2.45, 2.75) is 89.4 Å². The van der Waals surface area contributed by atoms with Crippen LogP contribution in [0.15, 0.2) is 48.8 Å². The number of rotatable bonds is 9. The Labute approximate surface area is 282 Å². The largest absolute Gasteiger partial charge is 0.494 e. The zero-order valence-electron chi connectivity index (χ0n) is 28.1. The van der Waals surface area contributed by atoms with Gasteiger partial charge in [-0.25, -0.2) is 9.78 Å². The molecule has 3 fully saturated rings. The monoisotopic (exact) mass is 654 g/mol. The van der Waals surface area contributed by atoms with Crippen molar-refractivity contribution < 1.29 is 24.2 Å². The molecule has 3 aromatic rings. The number of amides is 2. The lowest BCUT2D eigenvalue weighted by Crippen LogP contribution is -2.54. The van der Waals surface area contributed by atoms with E-state index in [1.165, 1.54) is 4.90 Å². The minimum absolute atomic E-state index is 0.123. The van der Waals surface area contributed by atoms with Crippen LogP contribution in [0.3, 0.4) is 0 Å². The van der Waals surface area contributed by atoms with Gasteiger partial charge in [-0.1, -0.05) is 12.1 Å². The molecule has 1 aromatic carbocycles. The molecule has 1 saturated heterocycles. The number of hydrogen-bond donors (Lipinski definition) is 1. The predicted octanol–water partition coefficient (Wildman–Crippen LogP) is 6.09. The van der Waals surface area contributed by atoms with Crippen LogP contribution in [0.2, 0.25) is 0 Å². The number of nitriles is 1. The number of anilines is 1. The molecule has 2 aliphatic carbocycles. The fourth-order valence-electron chi connectivity index (χ4n) is 7.25. The van der Waals surface area contributed by atoms with Crippen LogP contribution in [0.1, 0.15) is 88.6 Å². The Morgan fingerprint density at radius 2 is 1.79 bits per heavy atom. The Morgan fingerprint density at radius 3 is 2.44 bits per heavy atom. The van der Waals surface area contributed by atoms with Crippen LogP contribution in [0.5, 0.6) is 5.75 Å². The molecule has 1 aliphatic heterocycles. The first-order valence-electron chi connectivity index (χ1n) is 17.3. The number of methoxy groups -OCH3 is 1. The van der Waals surface area contributed by atoms with Crippen molar-refractivity contribution in [3.05, 3.63) is 60.2 Å². The van der Waals surface area contributed by atoms with Gasteiger partial charge in [0, 0.05) is 47.6 Å². The second-order valence-corrected chi connectivity index (χ2v) is 13.8. The summed E-state index contributed by atoms with van der Waals surface area (Å²) < 4.78 is 12.9. The predicted molar refractivity (Wildman–Crippen MR) is 180 cm³/mol. The lowest BCUT2D eigenvalue weighted by molar-refractivity contribution is -0.124. The number of hydrogen-bond acceptors (Lipinski definition) is 8. The molecule has 6 rings (SSSR count). The summed E-state index contributed by atoms with van der Waals surface area (Å²) in [5.74, 6) is 1.06. The summed E-state index contributed by atoms with van der Waals surface area (Å²) in [4.78, 5) is 34.9. The molecule has 3 aliphatic rings. The fourth-order valence-corrected chi connectivity index (χ4v) is 7.25. The van der Waals surface area contributed by atoms with Gasteiger partial charge in [0.25, 0.3) is 0 Å². The van der Waals surface area contributed by atoms with Gasteiger partial charge in [0.15, 0.2) is 11.4 Å². The molecular weight excluding hydrogens is 608 g/mol. The van der Waals surface area contributed by atoms with Crippen molar-refractivity contribution in [2.75, 3.05) is 31.6 Å². The average Bonchev–Trinajstić information content (AvgIpc) is 3.60. The first-order chi connectivity index (χ1) is 23.2. The van der Waals surface area contributed by atoms with Crippen LogP contribution in [0, 0.1) is 23.2 Å². The molecule has 0 bridgehead atoms. The van der Waals surface area contributed by atoms with Crippen LogP contribution >= 0.6 is 0 Å². The Morgan fingerprint density at radius 1 is 1.04 bits per heavy atom. The number of aliphatic hydroxyl groups is 1. The van der Waals surface area contributed by atoms with Crippen molar-refractivity contribution in [3.63, 3.8) is 0 Å². The van der Waals surface area contributed by atoms with E-state index in [0.29, 0.717) is 62.7 Å². The second kappa shape index (κ2) is 14.8. The number of carbonyl (C=O) groups excluding carboxylic acids is 2. The summed E-state index contributed by atoms with van der Waals surface area (Å²) >= 11 is 0. The molecule has 2 amide bonds. The Hall–Kier alpha value is -4.43. The van der Waals surface area contributed by atoms with E-state index in [0.717, 1.165) is 48.2 Å². The highest BCUT2D eigenvalue weighted by Crippen LogP contribution is 2.38. The number of pyridine rings is 1. The second-order valence-electron chi connectivity index (χ2n) is 13.8. The van der Waals surface area contributed by atoms with Crippen LogP contribution < -0.4 is 9.64 Å². The number of carbonyl (C=O) groups is 2. The van der Waals surface area contributed by atoms with Crippen LogP contribution in [0.4, 0.5) is 10.5 Å². The lowest BCUT2D eigenvalue weighted by Gasteiger charge is -2.38. The maximum atomic E-state index is 14.4. The summed E-state index contributed by atoms with van der Waals surface area (Å²) in [6.07, 6.45) is 9.27. The number of β-amino-alcohol motifs (C(OH)–C–C–N with tert-alkyl or cyclic N) is 1. The van der Waals surface area contributed by atoms with E-state index in [2.05, 4.69) is 42.1 Å². The lowest BCUT2D eigenvalue weighted by atomic mass is 9.79. The van der Waals surface area contributed by atoms with E-state index < -0.39 is 6.10 Å². The van der Waals surface area contributed by atoms with Crippen molar-refractivity contribution in [1.29, 1.82) is 5.26 Å². The first kappa shape index (κ1) is 33.5. The number of likely N-dealkylation sites (tertiary alicyclic amines) is 1. The molecule has 11 nitrogen and oxygen atoms in total. The van der Waals surface area contributed by atoms with Gasteiger partial charge in [-0.2, -0.15) is 10.4 Å². The summed E-state index contributed by atoms with van der Waals surface area (Å²) in [6.45, 7) is 5.46. The van der Waals surface area contributed by atoms with Crippen molar-refractivity contribution in [2.24, 2.45) is 11.8 Å². The first-order valence-corrected chi connectivity index (χ1v) is 17.3. The summed E-state index contributed by atoms with van der Waals surface area (Å²) in [5.41, 5.74) is 4.16. The van der Waals surface area contributed by atoms with Gasteiger partial charge >= 0.3 is 6.09 Å². The molecule has 2 saturated carbocycles. The number of nitrogens with zero attached hydrogens (tertiary/aromatic N) is 6. The number of aromatic nitrogens is 3. The molecule has 0 radical (unpaired) electrons. The van der Waals surface area contributed by atoms with Crippen molar-refractivity contribution in [3.8, 4) is 22.9 Å². The zero-order valence-corrected chi connectivity index (χ0v) is 28.1. The van der Waals surface area contributed by atoms with Gasteiger partial charge in [0.2, 0.25) is 5.91 Å². The third-order valence-electron chi connectivity index (χ3n) is 10.2. The number of ether oxygens (including phenoxy) is 2. The highest BCUT2D eigenvalue weighted by Gasteiger charge is 2.36. The molecule has 11 heteroatoms. The Kier molecular flexibility index (Phi) is 10.3. The quantitative estimate of drug-likeness (QED) is 0.293. The molecular formula is C37H46N6O5. The van der Waals surface area contributed by atoms with E-state index in [1.54, 1.807) is 7.11 Å². The number of benzene rings is 1. The van der Waals surface area contributed by atoms with Crippen LogP contribution in [-0.2, 0) is 9.53 Å². The Balaban J connectivity index is 1.15. The molecule has 3 heterocycles. The van der Waals surface area contributed by atoms with E-state index in [4.69, 9.17) is 9.47 Å². The minimum Gasteiger partial charge on any atom is -0.494 e. The molecule has 0 spiro atoms. The molecule has 48 heavy (non-hydrogen) atoms. The van der Waals surface area contributed by atoms with Gasteiger partial charge in [0.05, 0.1) is 32.5 Å². The van der Waals surface area contributed by atoms with Crippen molar-refractivity contribution >= 4 is 17.7 Å². The van der Waals surface area contributed by atoms with E-state index in [1.807, 2.05) is 46.2 Å². The maximum absolute atomic E-state index is 14.4. The average molecular weight is 655 g/mol. The SMILES string of the molecule is COc1ccc(C2CCC(CN(C(=O)C3CCC(OC(=O)N4CC(O)C4)CC3)c3cccc(-c4cnn(C(C)C)c4)c3)CC2)nc1C#N.